The highest BCUT2D eigenvalue weighted by Gasteiger charge is 2.22. The smallest absolute Gasteiger partial charge is 0.263 e. The van der Waals surface area contributed by atoms with Crippen LogP contribution in [0.3, 0.4) is 0 Å². The maximum absolute atomic E-state index is 13.0. The fraction of sp³-hybridized carbons (Fsp3) is 0.150. The molecule has 3 heterocycles. The molecule has 1 N–H and O–H groups in total. The lowest BCUT2D eigenvalue weighted by atomic mass is 10.3. The summed E-state index contributed by atoms with van der Waals surface area (Å²) >= 11 is 1.51. The second kappa shape index (κ2) is 7.29. The Morgan fingerprint density at radius 2 is 1.96 bits per heavy atom. The molecule has 8 heteroatoms. The lowest BCUT2D eigenvalue weighted by molar-refractivity contribution is 0.340. The van der Waals surface area contributed by atoms with Crippen LogP contribution in [0.1, 0.15) is 12.5 Å². The molecule has 0 atom stereocenters. The van der Waals surface area contributed by atoms with E-state index in [9.17, 15) is 8.42 Å². The number of nitrogens with zero attached hydrogens (tertiary/aromatic N) is 2. The van der Waals surface area contributed by atoms with Crippen LogP contribution in [0, 0.1) is 6.92 Å². The number of fused-ring (bicyclic) bond motifs is 1. The molecule has 0 saturated carbocycles. The molecule has 0 fully saturated rings. The van der Waals surface area contributed by atoms with Gasteiger partial charge in [-0.1, -0.05) is 6.07 Å². The summed E-state index contributed by atoms with van der Waals surface area (Å²) in [6.07, 6.45) is 1.82. The van der Waals surface area contributed by atoms with Crippen molar-refractivity contribution in [3.8, 4) is 16.3 Å². The lowest BCUT2D eigenvalue weighted by Crippen LogP contribution is -2.15. The van der Waals surface area contributed by atoms with E-state index in [1.165, 1.54) is 23.5 Å². The largest absolute Gasteiger partial charge is 0.494 e. The van der Waals surface area contributed by atoms with Crippen molar-refractivity contribution >= 4 is 32.8 Å². The van der Waals surface area contributed by atoms with Crippen LogP contribution in [0.4, 0.5) is 5.82 Å². The molecule has 0 spiro atoms. The molecule has 0 aliphatic heterocycles. The van der Waals surface area contributed by atoms with Crippen molar-refractivity contribution in [2.75, 3.05) is 11.3 Å². The highest BCUT2D eigenvalue weighted by Crippen LogP contribution is 2.33. The van der Waals surface area contributed by atoms with Crippen LogP contribution in [0.2, 0.25) is 0 Å². The van der Waals surface area contributed by atoms with Crippen LogP contribution in [0.5, 0.6) is 5.75 Å². The number of rotatable bonds is 6. The lowest BCUT2D eigenvalue weighted by Gasteiger charge is -2.10. The molecular weight excluding hydrogens is 394 g/mol. The van der Waals surface area contributed by atoms with E-state index in [1.807, 2.05) is 49.7 Å². The van der Waals surface area contributed by atoms with E-state index in [-0.39, 0.29) is 4.90 Å². The molecule has 28 heavy (non-hydrogen) atoms. The summed E-state index contributed by atoms with van der Waals surface area (Å²) in [6, 6.07) is 14.0. The fourth-order valence-electron chi connectivity index (χ4n) is 2.90. The highest BCUT2D eigenvalue weighted by atomic mass is 32.2. The summed E-state index contributed by atoms with van der Waals surface area (Å²) in [5.74, 6) is 1.05. The van der Waals surface area contributed by atoms with Crippen molar-refractivity contribution in [2.45, 2.75) is 18.7 Å². The zero-order chi connectivity index (χ0) is 19.7. The Balaban J connectivity index is 1.79. The van der Waals surface area contributed by atoms with E-state index in [0.29, 0.717) is 29.5 Å². The first kappa shape index (κ1) is 18.5. The summed E-state index contributed by atoms with van der Waals surface area (Å²) in [7, 11) is -3.79. The Morgan fingerprint density at radius 1 is 1.18 bits per heavy atom. The van der Waals surface area contributed by atoms with Crippen LogP contribution in [-0.2, 0) is 10.0 Å². The van der Waals surface area contributed by atoms with Gasteiger partial charge >= 0.3 is 0 Å². The minimum absolute atomic E-state index is 0.162. The van der Waals surface area contributed by atoms with Gasteiger partial charge in [-0.25, -0.2) is 13.4 Å². The molecule has 144 valence electrons. The fourth-order valence-corrected chi connectivity index (χ4v) is 4.67. The van der Waals surface area contributed by atoms with E-state index in [4.69, 9.17) is 4.74 Å². The molecule has 6 nitrogen and oxygen atoms in total. The average molecular weight is 414 g/mol. The minimum atomic E-state index is -3.79. The van der Waals surface area contributed by atoms with E-state index < -0.39 is 10.0 Å². The van der Waals surface area contributed by atoms with Gasteiger partial charge in [0.1, 0.15) is 17.1 Å². The van der Waals surface area contributed by atoms with Crippen molar-refractivity contribution in [3.05, 3.63) is 65.7 Å². The topological polar surface area (TPSA) is 72.7 Å². The summed E-state index contributed by atoms with van der Waals surface area (Å²) in [6.45, 7) is 4.38. The third-order valence-electron chi connectivity index (χ3n) is 4.21. The van der Waals surface area contributed by atoms with Crippen LogP contribution in [0.15, 0.2) is 65.0 Å². The number of imidazole rings is 1. The van der Waals surface area contributed by atoms with Gasteiger partial charge < -0.3 is 4.74 Å². The van der Waals surface area contributed by atoms with Crippen molar-refractivity contribution in [3.63, 3.8) is 0 Å². The van der Waals surface area contributed by atoms with Gasteiger partial charge in [-0.05, 0) is 67.3 Å². The Labute approximate surface area is 167 Å². The third kappa shape index (κ3) is 3.48. The first-order valence-electron chi connectivity index (χ1n) is 8.76. The first-order chi connectivity index (χ1) is 13.5. The number of aryl methyl sites for hydroxylation is 1. The second-order valence-electron chi connectivity index (χ2n) is 6.23. The van der Waals surface area contributed by atoms with Gasteiger partial charge in [0, 0.05) is 6.20 Å². The zero-order valence-electron chi connectivity index (χ0n) is 15.4. The maximum Gasteiger partial charge on any atom is 0.263 e. The molecule has 3 aromatic heterocycles. The SMILES string of the molecule is CCOc1ccc(S(=O)(=O)Nc2c(-c3cccs3)nc3cc(C)ccn23)cc1. The number of hydrogen-bond donors (Lipinski definition) is 1. The molecular formula is C20H19N3O3S2. The predicted molar refractivity (Wildman–Crippen MR) is 112 cm³/mol. The quantitative estimate of drug-likeness (QED) is 0.502. The van der Waals surface area contributed by atoms with Crippen LogP contribution in [-0.4, -0.2) is 24.4 Å². The Morgan fingerprint density at radius 3 is 2.64 bits per heavy atom. The summed E-state index contributed by atoms with van der Waals surface area (Å²) < 4.78 is 35.9. The minimum Gasteiger partial charge on any atom is -0.494 e. The molecule has 0 bridgehead atoms. The maximum atomic E-state index is 13.0. The summed E-state index contributed by atoms with van der Waals surface area (Å²) in [4.78, 5) is 5.72. The van der Waals surface area contributed by atoms with E-state index >= 15 is 0 Å². The number of nitrogens with one attached hydrogen (secondary N) is 1. The van der Waals surface area contributed by atoms with Gasteiger partial charge in [-0.2, -0.15) is 0 Å². The second-order valence-corrected chi connectivity index (χ2v) is 8.86. The number of aromatic nitrogens is 2. The van der Waals surface area contributed by atoms with E-state index in [1.54, 1.807) is 16.5 Å². The number of hydrogen-bond acceptors (Lipinski definition) is 5. The number of ether oxygens (including phenoxy) is 1. The van der Waals surface area contributed by atoms with Crippen molar-refractivity contribution in [1.82, 2.24) is 9.38 Å². The van der Waals surface area contributed by atoms with Gasteiger partial charge in [-0.15, -0.1) is 11.3 Å². The standard InChI is InChI=1S/C20H19N3O3S2/c1-3-26-15-6-8-16(9-7-15)28(24,25)22-20-19(17-5-4-12-27-17)21-18-13-14(2)10-11-23(18)20/h4-13,22H,3H2,1-2H3. The van der Waals surface area contributed by atoms with Gasteiger partial charge in [0.15, 0.2) is 5.82 Å². The summed E-state index contributed by atoms with van der Waals surface area (Å²) in [5.41, 5.74) is 2.35. The highest BCUT2D eigenvalue weighted by molar-refractivity contribution is 7.92. The van der Waals surface area contributed by atoms with Gasteiger partial charge in [0.05, 0.1) is 16.4 Å². The van der Waals surface area contributed by atoms with Crippen molar-refractivity contribution in [2.24, 2.45) is 0 Å². The van der Waals surface area contributed by atoms with Crippen LogP contribution < -0.4 is 9.46 Å². The molecule has 0 radical (unpaired) electrons. The van der Waals surface area contributed by atoms with Gasteiger partial charge in [0.25, 0.3) is 10.0 Å². The van der Waals surface area contributed by atoms with Crippen molar-refractivity contribution < 1.29 is 13.2 Å². The van der Waals surface area contributed by atoms with Crippen molar-refractivity contribution in [1.29, 1.82) is 0 Å². The molecule has 4 rings (SSSR count). The van der Waals surface area contributed by atoms with Crippen LogP contribution in [0.25, 0.3) is 16.2 Å². The molecule has 0 aliphatic carbocycles. The average Bonchev–Trinajstić information content (AvgIpc) is 3.30. The Hall–Kier alpha value is -2.84. The summed E-state index contributed by atoms with van der Waals surface area (Å²) in [5, 5.41) is 1.94. The Kier molecular flexibility index (Phi) is 4.82. The van der Waals surface area contributed by atoms with E-state index in [0.717, 1.165) is 10.4 Å². The molecule has 0 aliphatic rings. The third-order valence-corrected chi connectivity index (χ3v) is 6.44. The zero-order valence-corrected chi connectivity index (χ0v) is 17.0. The number of pyridine rings is 1. The Bertz CT molecular complexity index is 1210. The molecule has 1 aromatic carbocycles. The molecule has 4 aromatic rings. The molecule has 0 amide bonds. The molecule has 0 saturated heterocycles. The number of benzene rings is 1. The van der Waals surface area contributed by atoms with Crippen LogP contribution >= 0.6 is 11.3 Å². The van der Waals surface area contributed by atoms with Gasteiger partial charge in [-0.3, -0.25) is 9.12 Å². The molecule has 0 unspecified atom stereocenters. The number of sulfonamides is 1. The number of thiophene rings is 1. The van der Waals surface area contributed by atoms with Gasteiger partial charge in [0.2, 0.25) is 0 Å². The monoisotopic (exact) mass is 413 g/mol. The predicted octanol–water partition coefficient (Wildman–Crippen LogP) is 4.57. The normalized spacial score (nSPS) is 11.6. The first-order valence-corrected chi connectivity index (χ1v) is 11.1. The van der Waals surface area contributed by atoms with E-state index in [2.05, 4.69) is 9.71 Å². The number of anilines is 1.